The van der Waals surface area contributed by atoms with Crippen LogP contribution in [-0.4, -0.2) is 14.2 Å². The van der Waals surface area contributed by atoms with E-state index in [0.29, 0.717) is 0 Å². The van der Waals surface area contributed by atoms with Crippen LogP contribution in [0.5, 0.6) is 11.5 Å². The molecular formula is C54H40N2O4. The Morgan fingerprint density at radius 2 is 0.767 bits per heavy atom. The lowest BCUT2D eigenvalue weighted by Gasteiger charge is -2.27. The van der Waals surface area contributed by atoms with Crippen LogP contribution >= 0.6 is 0 Å². The molecule has 60 heavy (non-hydrogen) atoms. The first-order valence-corrected chi connectivity index (χ1v) is 20.1. The minimum absolute atomic E-state index is 0.821. The van der Waals surface area contributed by atoms with E-state index < -0.39 is 0 Å². The summed E-state index contributed by atoms with van der Waals surface area (Å²) in [6.07, 6.45) is 0. The smallest absolute Gasteiger partial charge is 0.136 e. The molecule has 11 rings (SSSR count). The van der Waals surface area contributed by atoms with Crippen molar-refractivity contribution in [1.29, 1.82) is 0 Å². The summed E-state index contributed by atoms with van der Waals surface area (Å²) in [5.74, 6) is 1.64. The van der Waals surface area contributed by atoms with Crippen molar-refractivity contribution in [2.24, 2.45) is 0 Å². The van der Waals surface area contributed by atoms with Crippen molar-refractivity contribution in [2.75, 3.05) is 24.0 Å². The summed E-state index contributed by atoms with van der Waals surface area (Å²) in [5, 5.41) is 8.70. The average Bonchev–Trinajstić information content (AvgIpc) is 3.83. The Bertz CT molecular complexity index is 3210. The summed E-state index contributed by atoms with van der Waals surface area (Å²) in [7, 11) is 3.39. The third-order valence-electron chi connectivity index (χ3n) is 11.8. The van der Waals surface area contributed by atoms with Crippen LogP contribution in [0, 0.1) is 13.8 Å². The zero-order valence-electron chi connectivity index (χ0n) is 33.7. The highest BCUT2D eigenvalue weighted by Crippen LogP contribution is 2.45. The summed E-state index contributed by atoms with van der Waals surface area (Å²) < 4.78 is 24.3. The van der Waals surface area contributed by atoms with Crippen molar-refractivity contribution in [3.05, 3.63) is 181 Å². The van der Waals surface area contributed by atoms with E-state index in [1.807, 2.05) is 36.4 Å². The summed E-state index contributed by atoms with van der Waals surface area (Å²) in [5.41, 5.74) is 12.2. The molecule has 0 atom stereocenters. The number of methoxy groups -OCH3 is 2. The molecule has 6 nitrogen and oxygen atoms in total. The molecule has 0 aliphatic rings. The third-order valence-corrected chi connectivity index (χ3v) is 11.8. The van der Waals surface area contributed by atoms with Crippen molar-refractivity contribution in [1.82, 2.24) is 0 Å². The molecule has 0 unspecified atom stereocenters. The first kappa shape index (κ1) is 35.5. The lowest BCUT2D eigenvalue weighted by Crippen LogP contribution is -2.11. The van der Waals surface area contributed by atoms with E-state index >= 15 is 0 Å². The molecule has 2 heterocycles. The number of rotatable bonds is 8. The van der Waals surface area contributed by atoms with E-state index in [0.717, 1.165) is 111 Å². The molecule has 0 aliphatic heterocycles. The van der Waals surface area contributed by atoms with Gasteiger partial charge in [-0.05, 0) is 168 Å². The summed E-state index contributed by atoms with van der Waals surface area (Å²) in [6, 6.07) is 59.6. The summed E-state index contributed by atoms with van der Waals surface area (Å²) in [4.78, 5) is 4.59. The highest BCUT2D eigenvalue weighted by Gasteiger charge is 2.21. The fraction of sp³-hybridized carbons (Fsp3) is 0.0741. The van der Waals surface area contributed by atoms with Crippen LogP contribution in [0.2, 0.25) is 0 Å². The number of anilines is 6. The van der Waals surface area contributed by atoms with E-state index in [9.17, 15) is 0 Å². The largest absolute Gasteiger partial charge is 0.497 e. The molecule has 6 heteroatoms. The Morgan fingerprint density at radius 1 is 0.367 bits per heavy atom. The van der Waals surface area contributed by atoms with E-state index in [1.54, 1.807) is 14.2 Å². The number of nitrogens with zero attached hydrogens (tertiary/aromatic N) is 2. The average molecular weight is 781 g/mol. The number of hydrogen-bond acceptors (Lipinski definition) is 6. The van der Waals surface area contributed by atoms with E-state index in [1.165, 1.54) is 11.1 Å². The Labute approximate surface area is 347 Å². The Balaban J connectivity index is 1.04. The van der Waals surface area contributed by atoms with Crippen molar-refractivity contribution in [2.45, 2.75) is 13.8 Å². The Morgan fingerprint density at radius 3 is 1.17 bits per heavy atom. The highest BCUT2D eigenvalue weighted by molar-refractivity contribution is 6.27. The normalized spacial score (nSPS) is 11.7. The van der Waals surface area contributed by atoms with Crippen molar-refractivity contribution in [3.63, 3.8) is 0 Å². The predicted molar refractivity (Wildman–Crippen MR) is 248 cm³/mol. The first-order valence-electron chi connectivity index (χ1n) is 20.1. The van der Waals surface area contributed by atoms with Gasteiger partial charge < -0.3 is 28.1 Å². The Kier molecular flexibility index (Phi) is 8.27. The van der Waals surface area contributed by atoms with Gasteiger partial charge in [-0.3, -0.25) is 0 Å². The van der Waals surface area contributed by atoms with Crippen molar-refractivity contribution < 1.29 is 18.3 Å². The van der Waals surface area contributed by atoms with Crippen LogP contribution in [-0.2, 0) is 0 Å². The molecule has 0 saturated heterocycles. The van der Waals surface area contributed by atoms with Crippen LogP contribution < -0.4 is 19.3 Å². The molecule has 0 bridgehead atoms. The van der Waals surface area contributed by atoms with Gasteiger partial charge in [0.15, 0.2) is 0 Å². The summed E-state index contributed by atoms with van der Waals surface area (Å²) >= 11 is 0. The number of ether oxygens (including phenoxy) is 2. The molecule has 2 aromatic heterocycles. The van der Waals surface area contributed by atoms with Gasteiger partial charge in [-0.25, -0.2) is 0 Å². The van der Waals surface area contributed by atoms with Crippen molar-refractivity contribution >= 4 is 99.5 Å². The number of fused-ring (bicyclic) bond motifs is 9. The first-order chi connectivity index (χ1) is 29.4. The highest BCUT2D eigenvalue weighted by atomic mass is 16.5. The van der Waals surface area contributed by atoms with Gasteiger partial charge in [-0.2, -0.15) is 0 Å². The summed E-state index contributed by atoms with van der Waals surface area (Å²) in [6.45, 7) is 4.30. The molecule has 0 spiro atoms. The minimum Gasteiger partial charge on any atom is -0.497 e. The number of para-hydroxylation sites is 2. The maximum Gasteiger partial charge on any atom is 0.136 e. The van der Waals surface area contributed by atoms with Gasteiger partial charge in [0.2, 0.25) is 0 Å². The minimum atomic E-state index is 0.821. The standard InChI is InChI=1S/C54H40N2O4/c1-33-9-5-7-11-47(33)55(39-17-21-43(57-3)22-18-39)41-15-13-35-29-45-51(31-37(35)27-41)59-49-25-26-50-54(53(45)49)46-30-36-14-16-42(28-38(36)32-52(46)60-50)56(48-12-8-6-10-34(48)2)40-19-23-44(58-4)24-20-40/h5-32H,1-4H3. The molecule has 0 aliphatic carbocycles. The molecule has 0 fully saturated rings. The molecule has 0 radical (unpaired) electrons. The fourth-order valence-corrected chi connectivity index (χ4v) is 8.82. The molecule has 0 N–H and O–H groups in total. The molecule has 0 amide bonds. The van der Waals surface area contributed by atoms with Crippen LogP contribution in [0.1, 0.15) is 11.1 Å². The van der Waals surface area contributed by atoms with Gasteiger partial charge in [-0.1, -0.05) is 48.5 Å². The van der Waals surface area contributed by atoms with E-state index in [-0.39, 0.29) is 0 Å². The van der Waals surface area contributed by atoms with Crippen LogP contribution in [0.15, 0.2) is 179 Å². The van der Waals surface area contributed by atoms with Gasteiger partial charge in [0.25, 0.3) is 0 Å². The van der Waals surface area contributed by atoms with E-state index in [2.05, 4.69) is 157 Å². The molecular weight excluding hydrogens is 741 g/mol. The Hall–Kier alpha value is -7.70. The number of hydrogen-bond donors (Lipinski definition) is 0. The number of aryl methyl sites for hydroxylation is 2. The zero-order chi connectivity index (χ0) is 40.5. The topological polar surface area (TPSA) is 51.2 Å². The second kappa shape index (κ2) is 14.0. The lowest BCUT2D eigenvalue weighted by molar-refractivity contribution is 0.414. The SMILES string of the molecule is COc1ccc(N(c2ccc3cc4c(cc3c2)oc2ccc3oc5cc6cc(N(c7ccc(OC)cc7)c7ccccc7C)ccc6cc5c3c24)c2ccccc2C)cc1. The lowest BCUT2D eigenvalue weighted by atomic mass is 10.00. The second-order valence-electron chi connectivity index (χ2n) is 15.4. The maximum absolute atomic E-state index is 6.66. The van der Waals surface area contributed by atoms with Gasteiger partial charge in [0.05, 0.1) is 14.2 Å². The van der Waals surface area contributed by atoms with Gasteiger partial charge in [0, 0.05) is 55.7 Å². The maximum atomic E-state index is 6.66. The van der Waals surface area contributed by atoms with Crippen LogP contribution in [0.3, 0.4) is 0 Å². The quantitative estimate of drug-likeness (QED) is 0.153. The number of furan rings is 2. The molecule has 9 aromatic carbocycles. The fourth-order valence-electron chi connectivity index (χ4n) is 8.82. The van der Waals surface area contributed by atoms with Gasteiger partial charge in [0.1, 0.15) is 33.8 Å². The van der Waals surface area contributed by atoms with Gasteiger partial charge in [-0.15, -0.1) is 0 Å². The van der Waals surface area contributed by atoms with Crippen LogP contribution in [0.4, 0.5) is 34.1 Å². The molecule has 290 valence electrons. The van der Waals surface area contributed by atoms with E-state index in [4.69, 9.17) is 18.3 Å². The van der Waals surface area contributed by atoms with Crippen molar-refractivity contribution in [3.8, 4) is 11.5 Å². The molecule has 0 saturated carbocycles. The monoisotopic (exact) mass is 780 g/mol. The second-order valence-corrected chi connectivity index (χ2v) is 15.4. The zero-order valence-corrected chi connectivity index (χ0v) is 33.7. The predicted octanol–water partition coefficient (Wildman–Crippen LogP) is 15.4. The third kappa shape index (κ3) is 5.79. The van der Waals surface area contributed by atoms with Crippen LogP contribution in [0.25, 0.3) is 65.4 Å². The molecule has 11 aromatic rings. The number of benzene rings is 9. The van der Waals surface area contributed by atoms with Gasteiger partial charge >= 0.3 is 0 Å².